The average Bonchev–Trinajstić information content (AvgIpc) is 3.24. The van der Waals surface area contributed by atoms with Gasteiger partial charge in [0.25, 0.3) is 0 Å². The van der Waals surface area contributed by atoms with E-state index in [2.05, 4.69) is 5.10 Å². The molecule has 1 saturated heterocycles. The van der Waals surface area contributed by atoms with Crippen molar-refractivity contribution in [2.75, 3.05) is 19.6 Å². The number of hydrogen-bond acceptors (Lipinski definition) is 4. The number of aromatic nitrogens is 2. The standard InChI is InChI=1S/C18H24N4O3S/c1-20-15-17(13-19-20)26(24,25)22(14-16-7-3-2-4-8-16)12-6-11-21-10-5-9-18(21)23/h2-4,7-8,13,15H,5-6,9-12,14H2,1H3. The van der Waals surface area contributed by atoms with Crippen molar-refractivity contribution in [1.29, 1.82) is 0 Å². The van der Waals surface area contributed by atoms with Crippen LogP contribution < -0.4 is 0 Å². The molecule has 3 rings (SSSR count). The normalized spacial score (nSPS) is 15.2. The molecule has 0 N–H and O–H groups in total. The number of nitrogens with zero attached hydrogens (tertiary/aromatic N) is 4. The molecule has 1 aromatic heterocycles. The average molecular weight is 376 g/mol. The van der Waals surface area contributed by atoms with Crippen LogP contribution in [0.1, 0.15) is 24.8 Å². The zero-order valence-corrected chi connectivity index (χ0v) is 15.7. The van der Waals surface area contributed by atoms with E-state index in [0.29, 0.717) is 32.5 Å². The number of carbonyl (C=O) groups excluding carboxylic acids is 1. The molecule has 0 radical (unpaired) electrons. The number of likely N-dealkylation sites (tertiary alicyclic amines) is 1. The predicted molar refractivity (Wildman–Crippen MR) is 97.7 cm³/mol. The molecule has 0 bridgehead atoms. The molecular weight excluding hydrogens is 352 g/mol. The van der Waals surface area contributed by atoms with Crippen molar-refractivity contribution in [3.05, 3.63) is 48.3 Å². The highest BCUT2D eigenvalue weighted by molar-refractivity contribution is 7.89. The summed E-state index contributed by atoms with van der Waals surface area (Å²) in [5.41, 5.74) is 0.928. The van der Waals surface area contributed by atoms with Crippen molar-refractivity contribution >= 4 is 15.9 Å². The maximum Gasteiger partial charge on any atom is 0.246 e. The number of sulfonamides is 1. The van der Waals surface area contributed by atoms with E-state index in [1.54, 1.807) is 7.05 Å². The largest absolute Gasteiger partial charge is 0.343 e. The molecule has 1 aliphatic rings. The molecule has 1 aliphatic heterocycles. The molecule has 0 unspecified atom stereocenters. The van der Waals surface area contributed by atoms with Crippen molar-refractivity contribution in [1.82, 2.24) is 19.0 Å². The third-order valence-electron chi connectivity index (χ3n) is 4.53. The molecule has 0 atom stereocenters. The van der Waals surface area contributed by atoms with Crippen LogP contribution in [-0.4, -0.2) is 52.9 Å². The highest BCUT2D eigenvalue weighted by atomic mass is 32.2. The summed E-state index contributed by atoms with van der Waals surface area (Å²) >= 11 is 0. The second kappa shape index (κ2) is 8.01. The van der Waals surface area contributed by atoms with Crippen molar-refractivity contribution < 1.29 is 13.2 Å². The van der Waals surface area contributed by atoms with E-state index >= 15 is 0 Å². The molecule has 2 heterocycles. The highest BCUT2D eigenvalue weighted by Crippen LogP contribution is 2.19. The van der Waals surface area contributed by atoms with Gasteiger partial charge in [-0.1, -0.05) is 30.3 Å². The van der Waals surface area contributed by atoms with Crippen molar-refractivity contribution in [3.8, 4) is 0 Å². The van der Waals surface area contributed by atoms with Gasteiger partial charge in [0.1, 0.15) is 4.90 Å². The monoisotopic (exact) mass is 376 g/mol. The van der Waals surface area contributed by atoms with Gasteiger partial charge in [-0.25, -0.2) is 8.42 Å². The van der Waals surface area contributed by atoms with Gasteiger partial charge in [0.2, 0.25) is 15.9 Å². The predicted octanol–water partition coefficient (Wildman–Crippen LogP) is 1.62. The van der Waals surface area contributed by atoms with Gasteiger partial charge in [-0.05, 0) is 18.4 Å². The van der Waals surface area contributed by atoms with E-state index in [0.717, 1.165) is 18.5 Å². The lowest BCUT2D eigenvalue weighted by atomic mass is 10.2. The molecular formula is C18H24N4O3S. The molecule has 7 nitrogen and oxygen atoms in total. The van der Waals surface area contributed by atoms with Crippen LogP contribution in [-0.2, 0) is 28.4 Å². The molecule has 0 saturated carbocycles. The number of carbonyl (C=O) groups is 1. The topological polar surface area (TPSA) is 75.5 Å². The summed E-state index contributed by atoms with van der Waals surface area (Å²) in [4.78, 5) is 13.8. The van der Waals surface area contributed by atoms with E-state index < -0.39 is 10.0 Å². The minimum Gasteiger partial charge on any atom is -0.343 e. The lowest BCUT2D eigenvalue weighted by Gasteiger charge is -2.23. The van der Waals surface area contributed by atoms with Gasteiger partial charge in [0.15, 0.2) is 0 Å². The molecule has 1 aromatic carbocycles. The van der Waals surface area contributed by atoms with Crippen LogP contribution in [0.2, 0.25) is 0 Å². The Hall–Kier alpha value is -2.19. The second-order valence-electron chi connectivity index (χ2n) is 6.51. The first-order valence-electron chi connectivity index (χ1n) is 8.77. The van der Waals surface area contributed by atoms with Crippen LogP contribution in [0.25, 0.3) is 0 Å². The fraction of sp³-hybridized carbons (Fsp3) is 0.444. The van der Waals surface area contributed by atoms with E-state index in [-0.39, 0.29) is 10.8 Å². The molecule has 2 aromatic rings. The number of aryl methyl sites for hydroxylation is 1. The summed E-state index contributed by atoms with van der Waals surface area (Å²) in [7, 11) is -1.95. The van der Waals surface area contributed by atoms with Crippen molar-refractivity contribution in [2.24, 2.45) is 7.05 Å². The SMILES string of the molecule is Cn1cc(S(=O)(=O)N(CCCN2CCCC2=O)Cc2ccccc2)cn1. The minimum absolute atomic E-state index is 0.162. The summed E-state index contributed by atoms with van der Waals surface area (Å²) in [6.07, 6.45) is 4.98. The summed E-state index contributed by atoms with van der Waals surface area (Å²) in [6.45, 7) is 2.02. The van der Waals surface area contributed by atoms with E-state index in [1.807, 2.05) is 35.2 Å². The van der Waals surface area contributed by atoms with Crippen LogP contribution >= 0.6 is 0 Å². The van der Waals surface area contributed by atoms with Gasteiger partial charge in [0, 0.05) is 45.8 Å². The number of hydrogen-bond donors (Lipinski definition) is 0. The first kappa shape index (κ1) is 18.6. The minimum atomic E-state index is -3.64. The summed E-state index contributed by atoms with van der Waals surface area (Å²) < 4.78 is 29.0. The third-order valence-corrected chi connectivity index (χ3v) is 6.33. The fourth-order valence-electron chi connectivity index (χ4n) is 3.13. The van der Waals surface area contributed by atoms with Gasteiger partial charge in [-0.3, -0.25) is 9.48 Å². The van der Waals surface area contributed by atoms with Crippen LogP contribution in [0, 0.1) is 0 Å². The van der Waals surface area contributed by atoms with E-state index in [9.17, 15) is 13.2 Å². The van der Waals surface area contributed by atoms with E-state index in [4.69, 9.17) is 0 Å². The van der Waals surface area contributed by atoms with Crippen LogP contribution in [0.3, 0.4) is 0 Å². The van der Waals surface area contributed by atoms with Crippen molar-refractivity contribution in [2.45, 2.75) is 30.7 Å². The number of amides is 1. The Morgan fingerprint density at radius 1 is 1.23 bits per heavy atom. The molecule has 1 fully saturated rings. The maximum absolute atomic E-state index is 13.0. The van der Waals surface area contributed by atoms with Crippen LogP contribution in [0.5, 0.6) is 0 Å². The maximum atomic E-state index is 13.0. The Kier molecular flexibility index (Phi) is 5.73. The highest BCUT2D eigenvalue weighted by Gasteiger charge is 2.27. The van der Waals surface area contributed by atoms with Gasteiger partial charge in [-0.2, -0.15) is 9.40 Å². The molecule has 0 aliphatic carbocycles. The van der Waals surface area contributed by atoms with Gasteiger partial charge >= 0.3 is 0 Å². The lowest BCUT2D eigenvalue weighted by molar-refractivity contribution is -0.127. The zero-order chi connectivity index (χ0) is 18.6. The van der Waals surface area contributed by atoms with Gasteiger partial charge < -0.3 is 4.90 Å². The lowest BCUT2D eigenvalue weighted by Crippen LogP contribution is -2.34. The Morgan fingerprint density at radius 2 is 2.00 bits per heavy atom. The third kappa shape index (κ3) is 4.31. The zero-order valence-electron chi connectivity index (χ0n) is 14.9. The first-order valence-corrected chi connectivity index (χ1v) is 10.2. The quantitative estimate of drug-likeness (QED) is 0.702. The Bertz CT molecular complexity index is 848. The van der Waals surface area contributed by atoms with Crippen LogP contribution in [0.15, 0.2) is 47.6 Å². The fourth-order valence-corrected chi connectivity index (χ4v) is 4.58. The number of benzene rings is 1. The summed E-state index contributed by atoms with van der Waals surface area (Å²) in [5, 5.41) is 3.98. The Morgan fingerprint density at radius 3 is 2.62 bits per heavy atom. The smallest absolute Gasteiger partial charge is 0.246 e. The Balaban J connectivity index is 1.74. The molecule has 26 heavy (non-hydrogen) atoms. The van der Waals surface area contributed by atoms with Crippen LogP contribution in [0.4, 0.5) is 0 Å². The van der Waals surface area contributed by atoms with Gasteiger partial charge in [0.05, 0.1) is 6.20 Å². The second-order valence-corrected chi connectivity index (χ2v) is 8.45. The molecule has 0 spiro atoms. The Labute approximate surface area is 154 Å². The van der Waals surface area contributed by atoms with Gasteiger partial charge in [-0.15, -0.1) is 0 Å². The molecule has 140 valence electrons. The van der Waals surface area contributed by atoms with E-state index in [1.165, 1.54) is 21.4 Å². The number of rotatable bonds is 8. The summed E-state index contributed by atoms with van der Waals surface area (Å²) in [6, 6.07) is 9.52. The summed E-state index contributed by atoms with van der Waals surface area (Å²) in [5.74, 6) is 0.162. The first-order chi connectivity index (χ1) is 12.5. The molecule has 1 amide bonds. The van der Waals surface area contributed by atoms with Crippen molar-refractivity contribution in [3.63, 3.8) is 0 Å². The molecule has 8 heteroatoms.